The molecule has 0 spiro atoms. The molecule has 0 aliphatic heterocycles. The molecule has 0 bridgehead atoms. The van der Waals surface area contributed by atoms with Gasteiger partial charge in [-0.3, -0.25) is 9.59 Å². The summed E-state index contributed by atoms with van der Waals surface area (Å²) in [5, 5.41) is 19.9. The molecule has 6 heteroatoms. The van der Waals surface area contributed by atoms with Gasteiger partial charge in [-0.15, -0.1) is 0 Å². The van der Waals surface area contributed by atoms with Gasteiger partial charge in [-0.2, -0.15) is 0 Å². The molecular formula is C13H21NO5. The summed E-state index contributed by atoms with van der Waals surface area (Å²) in [6.45, 7) is 3.98. The number of rotatable bonds is 5. The molecule has 1 amide bonds. The van der Waals surface area contributed by atoms with E-state index < -0.39 is 24.4 Å². The van der Waals surface area contributed by atoms with Crippen molar-refractivity contribution >= 4 is 17.8 Å². The van der Waals surface area contributed by atoms with Crippen LogP contribution in [0.1, 0.15) is 46.0 Å². The van der Waals surface area contributed by atoms with Crippen molar-refractivity contribution in [1.82, 2.24) is 5.32 Å². The van der Waals surface area contributed by atoms with Crippen molar-refractivity contribution in [2.24, 2.45) is 11.3 Å². The van der Waals surface area contributed by atoms with E-state index in [1.165, 1.54) is 0 Å². The number of carboxylic acid groups (broad SMARTS) is 2. The predicted octanol–water partition coefficient (Wildman–Crippen LogP) is 1.25. The molecule has 1 aliphatic rings. The first-order valence-corrected chi connectivity index (χ1v) is 6.49. The van der Waals surface area contributed by atoms with Gasteiger partial charge >= 0.3 is 11.9 Å². The number of carbonyl (C=O) groups excluding carboxylic acids is 1. The van der Waals surface area contributed by atoms with Crippen LogP contribution in [0, 0.1) is 11.3 Å². The van der Waals surface area contributed by atoms with Crippen LogP contribution in [-0.4, -0.2) is 34.1 Å². The van der Waals surface area contributed by atoms with Crippen molar-refractivity contribution in [1.29, 1.82) is 0 Å². The van der Waals surface area contributed by atoms with Crippen LogP contribution in [0.2, 0.25) is 0 Å². The van der Waals surface area contributed by atoms with E-state index in [1.807, 2.05) is 13.8 Å². The molecule has 1 aliphatic carbocycles. The molecule has 0 aromatic rings. The number of amides is 1. The minimum atomic E-state index is -1.36. The minimum absolute atomic E-state index is 0.172. The molecule has 108 valence electrons. The van der Waals surface area contributed by atoms with Crippen LogP contribution in [0.15, 0.2) is 0 Å². The highest BCUT2D eigenvalue weighted by atomic mass is 16.4. The molecule has 1 rings (SSSR count). The lowest BCUT2D eigenvalue weighted by Gasteiger charge is -2.37. The molecule has 1 fully saturated rings. The normalized spacial score (nSPS) is 23.4. The number of hydrogen-bond acceptors (Lipinski definition) is 3. The summed E-state index contributed by atoms with van der Waals surface area (Å²) >= 11 is 0. The fourth-order valence-corrected chi connectivity index (χ4v) is 2.63. The zero-order valence-corrected chi connectivity index (χ0v) is 11.3. The second-order valence-corrected chi connectivity index (χ2v) is 5.78. The number of aliphatic carboxylic acids is 2. The summed E-state index contributed by atoms with van der Waals surface area (Å²) < 4.78 is 0. The summed E-state index contributed by atoms with van der Waals surface area (Å²) in [6, 6.07) is -1.36. The maximum Gasteiger partial charge on any atom is 0.326 e. The maximum atomic E-state index is 12.1. The second-order valence-electron chi connectivity index (χ2n) is 5.78. The maximum absolute atomic E-state index is 12.1. The highest BCUT2D eigenvalue weighted by Crippen LogP contribution is 2.40. The van der Waals surface area contributed by atoms with Crippen molar-refractivity contribution in [2.45, 2.75) is 52.0 Å². The van der Waals surface area contributed by atoms with E-state index in [2.05, 4.69) is 5.32 Å². The Morgan fingerprint density at radius 2 is 1.89 bits per heavy atom. The summed E-state index contributed by atoms with van der Waals surface area (Å²) in [5.74, 6) is -3.16. The van der Waals surface area contributed by atoms with Crippen LogP contribution in [0.25, 0.3) is 0 Å². The van der Waals surface area contributed by atoms with Gasteiger partial charge in [0.05, 0.1) is 6.42 Å². The second kappa shape index (κ2) is 6.04. The number of nitrogens with one attached hydrogen (secondary N) is 1. The average molecular weight is 271 g/mol. The van der Waals surface area contributed by atoms with E-state index in [-0.39, 0.29) is 17.2 Å². The number of hydrogen-bond donors (Lipinski definition) is 3. The molecule has 2 atom stereocenters. The topological polar surface area (TPSA) is 104 Å². The lowest BCUT2D eigenvalue weighted by Crippen LogP contribution is -2.48. The predicted molar refractivity (Wildman–Crippen MR) is 67.6 cm³/mol. The lowest BCUT2D eigenvalue weighted by atomic mass is 9.68. The van der Waals surface area contributed by atoms with Crippen molar-refractivity contribution in [3.63, 3.8) is 0 Å². The van der Waals surface area contributed by atoms with E-state index in [1.54, 1.807) is 0 Å². The zero-order valence-electron chi connectivity index (χ0n) is 11.3. The summed E-state index contributed by atoms with van der Waals surface area (Å²) in [4.78, 5) is 33.7. The quantitative estimate of drug-likeness (QED) is 0.698. The SMILES string of the molecule is CC1(C)CCCCC1C(=O)N[C@H](CC(=O)O)C(=O)O. The van der Waals surface area contributed by atoms with Gasteiger partial charge in [0, 0.05) is 5.92 Å². The van der Waals surface area contributed by atoms with E-state index >= 15 is 0 Å². The van der Waals surface area contributed by atoms with E-state index in [0.717, 1.165) is 25.7 Å². The van der Waals surface area contributed by atoms with Crippen LogP contribution in [0.5, 0.6) is 0 Å². The molecule has 0 saturated heterocycles. The third kappa shape index (κ3) is 4.22. The molecule has 0 heterocycles. The molecule has 1 saturated carbocycles. The first-order chi connectivity index (χ1) is 8.74. The Morgan fingerprint density at radius 1 is 1.26 bits per heavy atom. The summed E-state index contributed by atoms with van der Waals surface area (Å²) in [6.07, 6.45) is 3.04. The Kier molecular flexibility index (Phi) is 4.91. The van der Waals surface area contributed by atoms with Crippen LogP contribution in [0.4, 0.5) is 0 Å². The fraction of sp³-hybridized carbons (Fsp3) is 0.769. The summed E-state index contributed by atoms with van der Waals surface area (Å²) in [7, 11) is 0. The van der Waals surface area contributed by atoms with E-state index in [0.29, 0.717) is 0 Å². The van der Waals surface area contributed by atoms with Crippen molar-refractivity contribution in [3.8, 4) is 0 Å². The standard InChI is InChI=1S/C13H21NO5/c1-13(2)6-4-3-5-8(13)11(17)14-9(12(18)19)7-10(15)16/h8-9H,3-7H2,1-2H3,(H,14,17)(H,15,16)(H,18,19)/t8?,9-/m1/s1. The van der Waals surface area contributed by atoms with Gasteiger partial charge in [0.25, 0.3) is 0 Å². The minimum Gasteiger partial charge on any atom is -0.481 e. The smallest absolute Gasteiger partial charge is 0.326 e. The van der Waals surface area contributed by atoms with Crippen molar-refractivity contribution in [3.05, 3.63) is 0 Å². The summed E-state index contributed by atoms with van der Waals surface area (Å²) in [5.41, 5.74) is -0.172. The monoisotopic (exact) mass is 271 g/mol. The van der Waals surface area contributed by atoms with Gasteiger partial charge in [-0.25, -0.2) is 4.79 Å². The Balaban J connectivity index is 2.70. The highest BCUT2D eigenvalue weighted by molar-refractivity contribution is 5.88. The van der Waals surface area contributed by atoms with Gasteiger partial charge in [-0.05, 0) is 18.3 Å². The largest absolute Gasteiger partial charge is 0.481 e. The molecule has 6 nitrogen and oxygen atoms in total. The van der Waals surface area contributed by atoms with Crippen LogP contribution in [-0.2, 0) is 14.4 Å². The molecule has 3 N–H and O–H groups in total. The first kappa shape index (κ1) is 15.5. The third-order valence-corrected chi connectivity index (χ3v) is 3.82. The molecule has 0 radical (unpaired) electrons. The Bertz CT molecular complexity index is 377. The first-order valence-electron chi connectivity index (χ1n) is 6.49. The van der Waals surface area contributed by atoms with Crippen LogP contribution in [0.3, 0.4) is 0 Å². The highest BCUT2D eigenvalue weighted by Gasteiger charge is 2.38. The lowest BCUT2D eigenvalue weighted by molar-refractivity contribution is -0.148. The fourth-order valence-electron chi connectivity index (χ4n) is 2.63. The van der Waals surface area contributed by atoms with Gasteiger partial charge in [-0.1, -0.05) is 26.7 Å². The Morgan fingerprint density at radius 3 is 2.37 bits per heavy atom. The van der Waals surface area contributed by atoms with Gasteiger partial charge < -0.3 is 15.5 Å². The van der Waals surface area contributed by atoms with Crippen LogP contribution >= 0.6 is 0 Å². The van der Waals surface area contributed by atoms with Gasteiger partial charge in [0.15, 0.2) is 0 Å². The van der Waals surface area contributed by atoms with Gasteiger partial charge in [0.2, 0.25) is 5.91 Å². The molecule has 1 unspecified atom stereocenters. The molecule has 0 aromatic heterocycles. The van der Waals surface area contributed by atoms with Crippen molar-refractivity contribution < 1.29 is 24.6 Å². The average Bonchev–Trinajstić information content (AvgIpc) is 2.26. The molecular weight excluding hydrogens is 250 g/mol. The van der Waals surface area contributed by atoms with Crippen LogP contribution < -0.4 is 5.32 Å². The third-order valence-electron chi connectivity index (χ3n) is 3.82. The van der Waals surface area contributed by atoms with E-state index in [4.69, 9.17) is 10.2 Å². The zero-order chi connectivity index (χ0) is 14.6. The Labute approximate surface area is 112 Å². The Hall–Kier alpha value is -1.59. The number of carbonyl (C=O) groups is 3. The van der Waals surface area contributed by atoms with Crippen molar-refractivity contribution in [2.75, 3.05) is 0 Å². The van der Waals surface area contributed by atoms with E-state index in [9.17, 15) is 14.4 Å². The molecule has 19 heavy (non-hydrogen) atoms. The number of carboxylic acids is 2. The molecule has 0 aromatic carbocycles. The van der Waals surface area contributed by atoms with Gasteiger partial charge in [0.1, 0.15) is 6.04 Å².